The van der Waals surface area contributed by atoms with Crippen molar-refractivity contribution in [3.05, 3.63) is 82.1 Å². The highest BCUT2D eigenvalue weighted by atomic mass is 16.3. The first-order valence-electron chi connectivity index (χ1n) is 8.54. The first-order chi connectivity index (χ1) is 13.7. The second-order valence-corrected chi connectivity index (χ2v) is 6.06. The zero-order valence-corrected chi connectivity index (χ0v) is 14.7. The number of hydrogen-bond acceptors (Lipinski definition) is 7. The van der Waals surface area contributed by atoms with E-state index in [1.165, 1.54) is 6.20 Å². The number of nitrogens with two attached hydrogens (primary N) is 1. The summed E-state index contributed by atoms with van der Waals surface area (Å²) in [5.41, 5.74) is 7.45. The minimum atomic E-state index is -0.145. The van der Waals surface area contributed by atoms with Gasteiger partial charge in [0.15, 0.2) is 5.43 Å². The number of hydrogen-bond donors (Lipinski definition) is 2. The molecule has 28 heavy (non-hydrogen) atoms. The van der Waals surface area contributed by atoms with Crippen molar-refractivity contribution in [1.82, 2.24) is 9.97 Å². The number of nitrogens with one attached hydrogen (secondary N) is 1. The van der Waals surface area contributed by atoms with Crippen molar-refractivity contribution in [2.75, 3.05) is 11.1 Å². The Morgan fingerprint density at radius 1 is 1.11 bits per heavy atom. The third-order valence-electron chi connectivity index (χ3n) is 4.29. The smallest absolute Gasteiger partial charge is 0.222 e. The molecule has 0 spiro atoms. The largest absolute Gasteiger partial charge is 0.455 e. The lowest BCUT2D eigenvalue weighted by Gasteiger charge is -2.12. The van der Waals surface area contributed by atoms with E-state index in [1.807, 2.05) is 42.5 Å². The van der Waals surface area contributed by atoms with Crippen LogP contribution in [-0.4, -0.2) is 9.97 Å². The van der Waals surface area contributed by atoms with Gasteiger partial charge in [0.25, 0.3) is 0 Å². The fourth-order valence-corrected chi connectivity index (χ4v) is 2.95. The maximum atomic E-state index is 13.1. The Kier molecular flexibility index (Phi) is 4.44. The van der Waals surface area contributed by atoms with Crippen LogP contribution >= 0.6 is 0 Å². The fourth-order valence-electron chi connectivity index (χ4n) is 2.95. The summed E-state index contributed by atoms with van der Waals surface area (Å²) in [6, 6.07) is 18.5. The summed E-state index contributed by atoms with van der Waals surface area (Å²) in [6.45, 7) is 0.114. The lowest BCUT2D eigenvalue weighted by molar-refractivity contribution is 0.611. The Hall–Kier alpha value is -4.18. The summed E-state index contributed by atoms with van der Waals surface area (Å²) >= 11 is 0. The van der Waals surface area contributed by atoms with E-state index in [9.17, 15) is 10.1 Å². The molecule has 2 heterocycles. The minimum Gasteiger partial charge on any atom is -0.455 e. The molecule has 0 amide bonds. The molecule has 0 saturated carbocycles. The molecule has 4 rings (SSSR count). The molecule has 7 heteroatoms. The molecule has 136 valence electrons. The molecular weight excluding hydrogens is 354 g/mol. The molecule has 0 saturated heterocycles. The predicted molar refractivity (Wildman–Crippen MR) is 106 cm³/mol. The second-order valence-electron chi connectivity index (χ2n) is 6.06. The van der Waals surface area contributed by atoms with Crippen LogP contribution in [0, 0.1) is 11.3 Å². The van der Waals surface area contributed by atoms with Crippen LogP contribution in [0.15, 0.2) is 70.0 Å². The second kappa shape index (κ2) is 7.21. The minimum absolute atomic E-state index is 0.0373. The normalized spacial score (nSPS) is 10.5. The Morgan fingerprint density at radius 2 is 1.86 bits per heavy atom. The zero-order chi connectivity index (χ0) is 19.5. The highest BCUT2D eigenvalue weighted by Crippen LogP contribution is 2.26. The van der Waals surface area contributed by atoms with Gasteiger partial charge < -0.3 is 15.5 Å². The Morgan fingerprint density at radius 3 is 2.64 bits per heavy atom. The highest BCUT2D eigenvalue weighted by Gasteiger charge is 2.16. The van der Waals surface area contributed by atoms with Gasteiger partial charge in [0.05, 0.1) is 17.1 Å². The number of para-hydroxylation sites is 1. The van der Waals surface area contributed by atoms with Crippen molar-refractivity contribution in [2.24, 2.45) is 0 Å². The molecule has 0 aliphatic rings. The van der Waals surface area contributed by atoms with Crippen LogP contribution in [-0.2, 0) is 6.54 Å². The molecule has 0 aliphatic heterocycles. The van der Waals surface area contributed by atoms with Gasteiger partial charge >= 0.3 is 0 Å². The molecule has 0 radical (unpaired) electrons. The topological polar surface area (TPSA) is 118 Å². The summed E-state index contributed by atoms with van der Waals surface area (Å²) in [6.07, 6.45) is 1.34. The monoisotopic (exact) mass is 369 g/mol. The number of aromatic nitrogens is 2. The van der Waals surface area contributed by atoms with Crippen LogP contribution in [0.25, 0.3) is 22.3 Å². The van der Waals surface area contributed by atoms with Gasteiger partial charge in [0.1, 0.15) is 28.8 Å². The van der Waals surface area contributed by atoms with E-state index < -0.39 is 0 Å². The van der Waals surface area contributed by atoms with Crippen LogP contribution in [0.5, 0.6) is 0 Å². The summed E-state index contributed by atoms with van der Waals surface area (Å²) in [5.74, 6) is 0.772. The maximum Gasteiger partial charge on any atom is 0.222 e. The number of benzene rings is 2. The van der Waals surface area contributed by atoms with Crippen molar-refractivity contribution >= 4 is 22.7 Å². The summed E-state index contributed by atoms with van der Waals surface area (Å²) in [5, 5.41) is 12.8. The van der Waals surface area contributed by atoms with Crippen molar-refractivity contribution in [1.29, 1.82) is 5.26 Å². The Bertz CT molecular complexity index is 1260. The van der Waals surface area contributed by atoms with Gasteiger partial charge in [-0.25, -0.2) is 4.98 Å². The van der Waals surface area contributed by atoms with E-state index in [2.05, 4.69) is 15.3 Å². The van der Waals surface area contributed by atoms with Crippen molar-refractivity contribution in [3.8, 4) is 17.4 Å². The number of nitriles is 1. The predicted octanol–water partition coefficient (Wildman–Crippen LogP) is 3.32. The molecule has 2 aromatic heterocycles. The van der Waals surface area contributed by atoms with Gasteiger partial charge in [-0.1, -0.05) is 42.5 Å². The third kappa shape index (κ3) is 3.15. The lowest BCUT2D eigenvalue weighted by atomic mass is 10.0. The lowest BCUT2D eigenvalue weighted by Crippen LogP contribution is -2.16. The van der Waals surface area contributed by atoms with E-state index >= 15 is 0 Å². The van der Waals surface area contributed by atoms with Crippen molar-refractivity contribution < 1.29 is 4.42 Å². The molecule has 0 fully saturated rings. The van der Waals surface area contributed by atoms with Crippen molar-refractivity contribution in [2.45, 2.75) is 6.54 Å². The Labute approximate surface area is 160 Å². The van der Waals surface area contributed by atoms with Gasteiger partial charge in [-0.05, 0) is 12.1 Å². The van der Waals surface area contributed by atoms with Crippen LogP contribution in [0.1, 0.15) is 11.1 Å². The molecule has 3 N–H and O–H groups in total. The first-order valence-corrected chi connectivity index (χ1v) is 8.54. The molecule has 0 atom stereocenters. The molecular formula is C21H15N5O2. The van der Waals surface area contributed by atoms with E-state index in [1.54, 1.807) is 18.2 Å². The highest BCUT2D eigenvalue weighted by molar-refractivity contribution is 5.80. The molecule has 0 bridgehead atoms. The fraction of sp³-hybridized carbons (Fsp3) is 0.0476. The van der Waals surface area contributed by atoms with Gasteiger partial charge in [-0.2, -0.15) is 10.2 Å². The van der Waals surface area contributed by atoms with Crippen LogP contribution in [0.2, 0.25) is 0 Å². The average Bonchev–Trinajstić information content (AvgIpc) is 2.74. The molecule has 2 aromatic carbocycles. The van der Waals surface area contributed by atoms with E-state index in [-0.39, 0.29) is 29.3 Å². The van der Waals surface area contributed by atoms with Crippen molar-refractivity contribution in [3.63, 3.8) is 0 Å². The third-order valence-corrected chi connectivity index (χ3v) is 4.29. The standard InChI is InChI=1S/C21H15N5O2/c22-10-14-11-25-21(23)26-20(14)24-12-16-18(27)15-8-4-5-9-17(15)28-19(16)13-6-2-1-3-7-13/h1-9,11H,12H2,(H3,23,24,25,26). The van der Waals surface area contributed by atoms with E-state index in [0.29, 0.717) is 22.3 Å². The molecule has 0 aliphatic carbocycles. The average molecular weight is 369 g/mol. The van der Waals surface area contributed by atoms with E-state index in [4.69, 9.17) is 10.2 Å². The summed E-state index contributed by atoms with van der Waals surface area (Å²) < 4.78 is 6.07. The maximum absolute atomic E-state index is 13.1. The number of nitrogen functional groups attached to an aromatic ring is 1. The van der Waals surface area contributed by atoms with Crippen LogP contribution in [0.4, 0.5) is 11.8 Å². The SMILES string of the molecule is N#Cc1cnc(N)nc1NCc1c(-c2ccccc2)oc2ccccc2c1=O. The Balaban J connectivity index is 1.84. The van der Waals surface area contributed by atoms with E-state index in [0.717, 1.165) is 5.56 Å². The number of rotatable bonds is 4. The number of nitrogens with zero attached hydrogens (tertiary/aromatic N) is 3. The number of fused-ring (bicyclic) bond motifs is 1. The van der Waals surface area contributed by atoms with Gasteiger partial charge in [-0.15, -0.1) is 0 Å². The van der Waals surface area contributed by atoms with Gasteiger partial charge in [-0.3, -0.25) is 4.79 Å². The molecule has 0 unspecified atom stereocenters. The first kappa shape index (κ1) is 17.2. The quantitative estimate of drug-likeness (QED) is 0.566. The van der Waals surface area contributed by atoms with Crippen LogP contribution in [0.3, 0.4) is 0 Å². The van der Waals surface area contributed by atoms with Gasteiger partial charge in [0.2, 0.25) is 5.95 Å². The summed E-state index contributed by atoms with van der Waals surface area (Å²) in [7, 11) is 0. The number of anilines is 2. The van der Waals surface area contributed by atoms with Gasteiger partial charge in [0, 0.05) is 12.1 Å². The molecule has 4 aromatic rings. The summed E-state index contributed by atoms with van der Waals surface area (Å²) in [4.78, 5) is 21.0. The van der Waals surface area contributed by atoms with Crippen LogP contribution < -0.4 is 16.5 Å². The zero-order valence-electron chi connectivity index (χ0n) is 14.7. The molecule has 7 nitrogen and oxygen atoms in total.